The lowest BCUT2D eigenvalue weighted by molar-refractivity contribution is 0.0997. The van der Waals surface area contributed by atoms with E-state index in [2.05, 4.69) is 15.5 Å². The molecule has 4 nitrogen and oxygen atoms in total. The quantitative estimate of drug-likeness (QED) is 0.868. The average Bonchev–Trinajstić information content (AvgIpc) is 2.19. The molecular formula is C9H13Cl2N3OS. The third-order valence-electron chi connectivity index (χ3n) is 1.83. The van der Waals surface area contributed by atoms with Crippen LogP contribution in [0.15, 0.2) is 6.07 Å². The molecule has 0 spiro atoms. The third kappa shape index (κ3) is 4.33. The molecule has 0 aliphatic carbocycles. The molecule has 7 heteroatoms. The van der Waals surface area contributed by atoms with E-state index in [1.165, 1.54) is 0 Å². The first kappa shape index (κ1) is 13.8. The topological polar surface area (TPSA) is 58.0 Å². The largest absolute Gasteiger partial charge is 0.387 e. The van der Waals surface area contributed by atoms with Gasteiger partial charge < -0.3 is 10.4 Å². The molecule has 2 N–H and O–H groups in total. The monoisotopic (exact) mass is 281 g/mol. The zero-order chi connectivity index (χ0) is 12.2. The normalized spacial score (nSPS) is 14.6. The van der Waals surface area contributed by atoms with Crippen molar-refractivity contribution in [2.24, 2.45) is 0 Å². The van der Waals surface area contributed by atoms with Crippen molar-refractivity contribution in [2.75, 3.05) is 23.9 Å². The van der Waals surface area contributed by atoms with Gasteiger partial charge in [-0.25, -0.2) is 0 Å². The number of anilines is 1. The Hall–Kier alpha value is -0.230. The average molecular weight is 282 g/mol. The molecule has 1 heterocycles. The van der Waals surface area contributed by atoms with Crippen LogP contribution in [0.5, 0.6) is 0 Å². The molecule has 1 aromatic heterocycles. The minimum Gasteiger partial charge on any atom is -0.387 e. The molecule has 1 aromatic rings. The number of aliphatic hydroxyl groups is 1. The van der Waals surface area contributed by atoms with Crippen molar-refractivity contribution in [2.45, 2.75) is 12.5 Å². The summed E-state index contributed by atoms with van der Waals surface area (Å²) in [6.45, 7) is 2.12. The summed E-state index contributed by atoms with van der Waals surface area (Å²) in [5, 5.41) is 20.7. The Morgan fingerprint density at radius 3 is 2.81 bits per heavy atom. The minimum absolute atomic E-state index is 0.240. The van der Waals surface area contributed by atoms with Gasteiger partial charge in [0.25, 0.3) is 0 Å². The Morgan fingerprint density at radius 2 is 2.19 bits per heavy atom. The highest BCUT2D eigenvalue weighted by Gasteiger charge is 2.19. The Bertz CT molecular complexity index is 363. The molecule has 0 amide bonds. The second-order valence-corrected chi connectivity index (χ2v) is 5.27. The van der Waals surface area contributed by atoms with Gasteiger partial charge in [-0.1, -0.05) is 23.2 Å². The summed E-state index contributed by atoms with van der Waals surface area (Å²) < 4.78 is 0. The zero-order valence-corrected chi connectivity index (χ0v) is 11.3. The molecule has 0 aromatic carbocycles. The van der Waals surface area contributed by atoms with E-state index in [1.54, 1.807) is 24.8 Å². The molecular weight excluding hydrogens is 269 g/mol. The van der Waals surface area contributed by atoms with Crippen LogP contribution >= 0.6 is 35.0 Å². The number of nitrogens with one attached hydrogen (secondary N) is 1. The van der Waals surface area contributed by atoms with Gasteiger partial charge in [-0.2, -0.15) is 11.8 Å². The summed E-state index contributed by atoms with van der Waals surface area (Å²) in [6, 6.07) is 1.58. The van der Waals surface area contributed by atoms with Gasteiger partial charge in [0.05, 0.1) is 11.3 Å². The van der Waals surface area contributed by atoms with E-state index < -0.39 is 5.60 Å². The first-order chi connectivity index (χ1) is 7.44. The van der Waals surface area contributed by atoms with Crippen LogP contribution in [0.1, 0.15) is 6.92 Å². The van der Waals surface area contributed by atoms with E-state index >= 15 is 0 Å². The van der Waals surface area contributed by atoms with Crippen LogP contribution < -0.4 is 5.32 Å². The number of hydrogen-bond donors (Lipinski definition) is 2. The summed E-state index contributed by atoms with van der Waals surface area (Å²) >= 11 is 13.1. The minimum atomic E-state index is -0.807. The van der Waals surface area contributed by atoms with Crippen molar-refractivity contribution < 1.29 is 5.11 Å². The van der Waals surface area contributed by atoms with Crippen LogP contribution in [-0.2, 0) is 0 Å². The molecule has 1 unspecified atom stereocenters. The molecule has 0 bridgehead atoms. The molecule has 0 saturated heterocycles. The lowest BCUT2D eigenvalue weighted by atomic mass is 10.1. The van der Waals surface area contributed by atoms with Crippen LogP contribution in [0, 0.1) is 0 Å². The number of nitrogens with zero attached hydrogens (tertiary/aromatic N) is 2. The smallest absolute Gasteiger partial charge is 0.174 e. The molecule has 0 saturated carbocycles. The molecule has 0 radical (unpaired) electrons. The van der Waals surface area contributed by atoms with Crippen molar-refractivity contribution in [3.63, 3.8) is 0 Å². The first-order valence-corrected chi connectivity index (χ1v) is 6.73. The van der Waals surface area contributed by atoms with Crippen molar-refractivity contribution in [3.05, 3.63) is 16.4 Å². The predicted octanol–water partition coefficient (Wildman–Crippen LogP) is 2.31. The SMILES string of the molecule is CSCC(C)(O)CNc1cc(Cl)nnc1Cl. The maximum absolute atomic E-state index is 9.94. The van der Waals surface area contributed by atoms with Gasteiger partial charge in [0.1, 0.15) is 0 Å². The summed E-state index contributed by atoms with van der Waals surface area (Å²) in [5.41, 5.74) is -0.235. The standard InChI is InChI=1S/C9H13Cl2N3OS/c1-9(15,5-16-2)4-12-6-3-7(10)13-14-8(6)11/h3,15H,4-5H2,1-2H3,(H,12,13). The summed E-state index contributed by atoms with van der Waals surface area (Å²) in [5.74, 6) is 0.629. The van der Waals surface area contributed by atoms with E-state index in [9.17, 15) is 5.11 Å². The number of halogens is 2. The number of thioether (sulfide) groups is 1. The van der Waals surface area contributed by atoms with Crippen molar-refractivity contribution in [3.8, 4) is 0 Å². The van der Waals surface area contributed by atoms with Crippen LogP contribution in [0.25, 0.3) is 0 Å². The Kier molecular flexibility index (Phi) is 5.11. The maximum Gasteiger partial charge on any atom is 0.174 e. The zero-order valence-electron chi connectivity index (χ0n) is 9.00. The van der Waals surface area contributed by atoms with Crippen molar-refractivity contribution >= 4 is 40.7 Å². The maximum atomic E-state index is 9.94. The molecule has 16 heavy (non-hydrogen) atoms. The summed E-state index contributed by atoms with van der Waals surface area (Å²) in [4.78, 5) is 0. The highest BCUT2D eigenvalue weighted by atomic mass is 35.5. The molecule has 1 atom stereocenters. The van der Waals surface area contributed by atoms with Gasteiger partial charge in [0.2, 0.25) is 0 Å². The number of hydrogen-bond acceptors (Lipinski definition) is 5. The lowest BCUT2D eigenvalue weighted by Gasteiger charge is -2.23. The van der Waals surface area contributed by atoms with Gasteiger partial charge >= 0.3 is 0 Å². The van der Waals surface area contributed by atoms with E-state index in [-0.39, 0.29) is 10.3 Å². The first-order valence-electron chi connectivity index (χ1n) is 4.58. The van der Waals surface area contributed by atoms with E-state index in [4.69, 9.17) is 23.2 Å². The van der Waals surface area contributed by atoms with E-state index in [0.29, 0.717) is 18.0 Å². The predicted molar refractivity (Wildman–Crippen MR) is 69.5 cm³/mol. The fraction of sp³-hybridized carbons (Fsp3) is 0.556. The fourth-order valence-electron chi connectivity index (χ4n) is 1.12. The summed E-state index contributed by atoms with van der Waals surface area (Å²) in [6.07, 6.45) is 1.94. The second kappa shape index (κ2) is 5.91. The van der Waals surface area contributed by atoms with Crippen molar-refractivity contribution in [1.29, 1.82) is 0 Å². The van der Waals surface area contributed by atoms with Gasteiger partial charge in [-0.05, 0) is 13.2 Å². The molecule has 0 fully saturated rings. The van der Waals surface area contributed by atoms with Gasteiger partial charge in [-0.3, -0.25) is 0 Å². The molecule has 90 valence electrons. The van der Waals surface area contributed by atoms with Gasteiger partial charge in [0, 0.05) is 18.4 Å². The van der Waals surface area contributed by atoms with Crippen LogP contribution in [0.2, 0.25) is 10.3 Å². The Labute approximate surface area is 109 Å². The van der Waals surface area contributed by atoms with Crippen LogP contribution in [0.4, 0.5) is 5.69 Å². The number of rotatable bonds is 5. The second-order valence-electron chi connectivity index (χ2n) is 3.66. The van der Waals surface area contributed by atoms with Crippen molar-refractivity contribution in [1.82, 2.24) is 10.2 Å². The lowest BCUT2D eigenvalue weighted by Crippen LogP contribution is -2.36. The summed E-state index contributed by atoms with van der Waals surface area (Å²) in [7, 11) is 0. The van der Waals surface area contributed by atoms with E-state index in [0.717, 1.165) is 0 Å². The molecule has 0 aliphatic rings. The van der Waals surface area contributed by atoms with Crippen LogP contribution in [0.3, 0.4) is 0 Å². The van der Waals surface area contributed by atoms with E-state index in [1.807, 2.05) is 6.26 Å². The molecule has 1 rings (SSSR count). The fourth-order valence-corrected chi connectivity index (χ4v) is 2.15. The number of aromatic nitrogens is 2. The highest BCUT2D eigenvalue weighted by molar-refractivity contribution is 7.98. The molecule has 0 aliphatic heterocycles. The van der Waals surface area contributed by atoms with Crippen LogP contribution in [-0.4, -0.2) is 39.5 Å². The Morgan fingerprint density at radius 1 is 1.50 bits per heavy atom. The third-order valence-corrected chi connectivity index (χ3v) is 3.21. The highest BCUT2D eigenvalue weighted by Crippen LogP contribution is 2.22. The van der Waals surface area contributed by atoms with Gasteiger partial charge in [0.15, 0.2) is 10.3 Å². The van der Waals surface area contributed by atoms with Gasteiger partial charge in [-0.15, -0.1) is 10.2 Å². The Balaban J connectivity index is 2.63.